The summed E-state index contributed by atoms with van der Waals surface area (Å²) < 4.78 is 0. The van der Waals surface area contributed by atoms with Gasteiger partial charge in [0.2, 0.25) is 11.8 Å². The number of hydrogen-bond acceptors (Lipinski definition) is 3. The predicted molar refractivity (Wildman–Crippen MR) is 103 cm³/mol. The van der Waals surface area contributed by atoms with Crippen LogP contribution in [0.4, 0.5) is 4.79 Å². The fourth-order valence-electron chi connectivity index (χ4n) is 4.69. The van der Waals surface area contributed by atoms with Crippen LogP contribution < -0.4 is 5.32 Å². The molecule has 152 valence electrons. The maximum atomic E-state index is 12.7. The van der Waals surface area contributed by atoms with Crippen molar-refractivity contribution >= 4 is 17.8 Å². The van der Waals surface area contributed by atoms with Crippen molar-refractivity contribution in [3.8, 4) is 0 Å². The molecule has 0 spiro atoms. The van der Waals surface area contributed by atoms with Gasteiger partial charge in [0.1, 0.15) is 0 Å². The molecule has 1 N–H and O–H groups in total. The van der Waals surface area contributed by atoms with Gasteiger partial charge < -0.3 is 20.0 Å². The van der Waals surface area contributed by atoms with Crippen LogP contribution in [0.15, 0.2) is 0 Å². The first-order valence-corrected chi connectivity index (χ1v) is 10.5. The van der Waals surface area contributed by atoms with Crippen molar-refractivity contribution in [2.24, 2.45) is 5.92 Å². The van der Waals surface area contributed by atoms with E-state index in [1.54, 1.807) is 23.9 Å². The number of likely N-dealkylation sites (tertiary alicyclic amines) is 2. The lowest BCUT2D eigenvalue weighted by molar-refractivity contribution is -0.129. The Hall–Kier alpha value is -1.79. The Kier molecular flexibility index (Phi) is 6.60. The summed E-state index contributed by atoms with van der Waals surface area (Å²) in [5.74, 6) is 0.185. The first-order valence-electron chi connectivity index (χ1n) is 10.5. The fourth-order valence-corrected chi connectivity index (χ4v) is 4.69. The van der Waals surface area contributed by atoms with Crippen molar-refractivity contribution in [2.75, 3.05) is 33.7 Å². The summed E-state index contributed by atoms with van der Waals surface area (Å²) in [4.78, 5) is 42.5. The summed E-state index contributed by atoms with van der Waals surface area (Å²) in [6.45, 7) is 1.90. The monoisotopic (exact) mass is 378 g/mol. The van der Waals surface area contributed by atoms with Gasteiger partial charge in [-0.3, -0.25) is 9.59 Å². The van der Waals surface area contributed by atoms with Crippen molar-refractivity contribution in [2.45, 2.75) is 69.9 Å². The second-order valence-electron chi connectivity index (χ2n) is 8.54. The minimum atomic E-state index is -0.0605. The van der Waals surface area contributed by atoms with Gasteiger partial charge in [-0.1, -0.05) is 25.7 Å². The molecule has 1 saturated carbocycles. The van der Waals surface area contributed by atoms with E-state index in [0.717, 1.165) is 12.8 Å². The van der Waals surface area contributed by atoms with Crippen molar-refractivity contribution in [1.82, 2.24) is 20.0 Å². The second kappa shape index (κ2) is 8.93. The fraction of sp³-hybridized carbons (Fsp3) is 0.850. The van der Waals surface area contributed by atoms with Crippen LogP contribution in [0.5, 0.6) is 0 Å². The highest BCUT2D eigenvalue weighted by atomic mass is 16.2. The van der Waals surface area contributed by atoms with Crippen LogP contribution in [0.1, 0.15) is 57.8 Å². The average Bonchev–Trinajstić information content (AvgIpc) is 2.86. The van der Waals surface area contributed by atoms with Crippen LogP contribution >= 0.6 is 0 Å². The molecule has 7 nitrogen and oxygen atoms in total. The first kappa shape index (κ1) is 20.0. The van der Waals surface area contributed by atoms with E-state index in [2.05, 4.69) is 5.32 Å². The highest BCUT2D eigenvalue weighted by Crippen LogP contribution is 2.26. The molecule has 4 amide bonds. The van der Waals surface area contributed by atoms with E-state index < -0.39 is 0 Å². The predicted octanol–water partition coefficient (Wildman–Crippen LogP) is 1.82. The molecule has 27 heavy (non-hydrogen) atoms. The maximum Gasteiger partial charge on any atom is 0.319 e. The molecule has 2 saturated heterocycles. The van der Waals surface area contributed by atoms with Gasteiger partial charge in [-0.15, -0.1) is 0 Å². The smallest absolute Gasteiger partial charge is 0.319 e. The Balaban J connectivity index is 1.46. The molecule has 3 aliphatic rings. The molecule has 0 bridgehead atoms. The molecule has 1 atom stereocenters. The van der Waals surface area contributed by atoms with Crippen LogP contribution in [-0.4, -0.2) is 78.4 Å². The molecule has 0 aromatic rings. The highest BCUT2D eigenvalue weighted by Gasteiger charge is 2.36. The van der Waals surface area contributed by atoms with E-state index in [1.165, 1.54) is 25.7 Å². The van der Waals surface area contributed by atoms with Gasteiger partial charge in [0.05, 0.1) is 6.04 Å². The molecule has 0 radical (unpaired) electrons. The normalized spacial score (nSPS) is 25.4. The van der Waals surface area contributed by atoms with Crippen molar-refractivity contribution in [1.29, 1.82) is 0 Å². The zero-order chi connectivity index (χ0) is 19.4. The molecule has 1 unspecified atom stereocenters. The molecule has 2 aliphatic heterocycles. The Labute approximate surface area is 162 Å². The van der Waals surface area contributed by atoms with E-state index in [0.29, 0.717) is 44.9 Å². The molecule has 7 heteroatoms. The van der Waals surface area contributed by atoms with E-state index in [9.17, 15) is 14.4 Å². The Morgan fingerprint density at radius 1 is 1.00 bits per heavy atom. The molecule has 1 aliphatic carbocycles. The third-order valence-electron chi connectivity index (χ3n) is 6.29. The number of carbonyl (C=O) groups is 3. The van der Waals surface area contributed by atoms with Crippen LogP contribution in [-0.2, 0) is 9.59 Å². The van der Waals surface area contributed by atoms with E-state index in [-0.39, 0.29) is 29.8 Å². The van der Waals surface area contributed by atoms with Crippen LogP contribution in [0.3, 0.4) is 0 Å². The maximum absolute atomic E-state index is 12.7. The minimum Gasteiger partial charge on any atom is -0.351 e. The molecule has 3 rings (SSSR count). The summed E-state index contributed by atoms with van der Waals surface area (Å²) in [7, 11) is 3.50. The van der Waals surface area contributed by atoms with Gasteiger partial charge >= 0.3 is 6.03 Å². The van der Waals surface area contributed by atoms with E-state index >= 15 is 0 Å². The lowest BCUT2D eigenvalue weighted by Crippen LogP contribution is -2.48. The van der Waals surface area contributed by atoms with Crippen molar-refractivity contribution < 1.29 is 14.4 Å². The van der Waals surface area contributed by atoms with Gasteiger partial charge in [0.15, 0.2) is 0 Å². The summed E-state index contributed by atoms with van der Waals surface area (Å²) in [6.07, 6.45) is 8.97. The average molecular weight is 379 g/mol. The number of amides is 4. The molecule has 0 aromatic heterocycles. The van der Waals surface area contributed by atoms with Crippen LogP contribution in [0, 0.1) is 5.92 Å². The largest absolute Gasteiger partial charge is 0.351 e. The molecule has 2 heterocycles. The van der Waals surface area contributed by atoms with Crippen molar-refractivity contribution in [3.63, 3.8) is 0 Å². The van der Waals surface area contributed by atoms with Gasteiger partial charge in [-0.2, -0.15) is 0 Å². The SMILES string of the molecule is CN(C)C(=O)N1CCC(C(=O)NC2CC(=O)N(C3CCCCCC3)C2)CC1. The van der Waals surface area contributed by atoms with Gasteiger partial charge in [-0.05, 0) is 25.7 Å². The number of hydrogen-bond donors (Lipinski definition) is 1. The van der Waals surface area contributed by atoms with Crippen LogP contribution in [0.25, 0.3) is 0 Å². The number of nitrogens with zero attached hydrogens (tertiary/aromatic N) is 3. The summed E-state index contributed by atoms with van der Waals surface area (Å²) in [5, 5.41) is 3.12. The lowest BCUT2D eigenvalue weighted by atomic mass is 9.95. The minimum absolute atomic E-state index is 0.00860. The summed E-state index contributed by atoms with van der Waals surface area (Å²) >= 11 is 0. The Bertz CT molecular complexity index is 549. The highest BCUT2D eigenvalue weighted by molar-refractivity contribution is 5.83. The quantitative estimate of drug-likeness (QED) is 0.762. The van der Waals surface area contributed by atoms with Crippen LogP contribution in [0.2, 0.25) is 0 Å². The summed E-state index contributed by atoms with van der Waals surface area (Å²) in [6, 6.07) is 0.311. The van der Waals surface area contributed by atoms with Gasteiger partial charge in [0, 0.05) is 52.1 Å². The number of urea groups is 1. The van der Waals surface area contributed by atoms with E-state index in [4.69, 9.17) is 0 Å². The second-order valence-corrected chi connectivity index (χ2v) is 8.54. The number of nitrogens with one attached hydrogen (secondary N) is 1. The topological polar surface area (TPSA) is 73.0 Å². The first-order chi connectivity index (χ1) is 13.0. The zero-order valence-corrected chi connectivity index (χ0v) is 16.8. The molecule has 3 fully saturated rings. The zero-order valence-electron chi connectivity index (χ0n) is 16.8. The number of piperidine rings is 1. The molecule has 0 aromatic carbocycles. The van der Waals surface area contributed by atoms with Gasteiger partial charge in [0.25, 0.3) is 0 Å². The lowest BCUT2D eigenvalue weighted by Gasteiger charge is -2.33. The third-order valence-corrected chi connectivity index (χ3v) is 6.29. The number of carbonyl (C=O) groups excluding carboxylic acids is 3. The third kappa shape index (κ3) is 4.93. The van der Waals surface area contributed by atoms with Crippen molar-refractivity contribution in [3.05, 3.63) is 0 Å². The van der Waals surface area contributed by atoms with Gasteiger partial charge in [-0.25, -0.2) is 4.79 Å². The Morgan fingerprint density at radius 3 is 2.22 bits per heavy atom. The molecular weight excluding hydrogens is 344 g/mol. The standard InChI is InChI=1S/C20H34N4O3/c1-22(2)20(27)23-11-9-15(10-12-23)19(26)21-16-13-18(25)24(14-16)17-7-5-3-4-6-8-17/h15-17H,3-14H2,1-2H3,(H,21,26). The molecular formula is C20H34N4O3. The summed E-state index contributed by atoms with van der Waals surface area (Å²) in [5.41, 5.74) is 0. The number of rotatable bonds is 3. The Morgan fingerprint density at radius 2 is 1.63 bits per heavy atom. The van der Waals surface area contributed by atoms with E-state index in [1.807, 2.05) is 4.90 Å².